The van der Waals surface area contributed by atoms with Crippen molar-refractivity contribution in [3.63, 3.8) is 0 Å². The molecule has 0 radical (unpaired) electrons. The number of ketones is 1. The van der Waals surface area contributed by atoms with Gasteiger partial charge in [-0.15, -0.1) is 0 Å². The molecular weight excluding hydrogens is 142 g/mol. The molecule has 0 fully saturated rings. The maximum absolute atomic E-state index is 10.9. The predicted octanol–water partition coefficient (Wildman–Crippen LogP) is -0.482. The summed E-state index contributed by atoms with van der Waals surface area (Å²) >= 11 is 0. The molecule has 0 bridgehead atoms. The van der Waals surface area contributed by atoms with E-state index in [1.807, 2.05) is 0 Å². The van der Waals surface area contributed by atoms with E-state index in [2.05, 4.69) is 0 Å². The Morgan fingerprint density at radius 3 is 2.55 bits per heavy atom. The number of hydrogen-bond donors (Lipinski definition) is 1. The summed E-state index contributed by atoms with van der Waals surface area (Å²) in [7, 11) is 0. The molecule has 0 saturated heterocycles. The molecule has 11 heavy (non-hydrogen) atoms. The first-order valence-electron chi connectivity index (χ1n) is 3.15. The maximum Gasteiger partial charge on any atom is 0.249 e. The van der Waals surface area contributed by atoms with Crippen molar-refractivity contribution in [3.05, 3.63) is 41.1 Å². The Morgan fingerprint density at radius 2 is 2.00 bits per heavy atom. The zero-order chi connectivity index (χ0) is 8.10. The summed E-state index contributed by atoms with van der Waals surface area (Å²) in [5.41, 5.74) is 0.510. The smallest absolute Gasteiger partial charge is 0.249 e. The number of hydrogen-bond acceptors (Lipinski definition) is 2. The minimum atomic E-state index is -0.305. The fourth-order valence-electron chi connectivity index (χ4n) is 0.739. The van der Waals surface area contributed by atoms with Gasteiger partial charge in [-0.05, 0) is 0 Å². The highest BCUT2D eigenvalue weighted by atomic mass is 16.4. The fourth-order valence-corrected chi connectivity index (χ4v) is 0.739. The SMILES string of the molecule is O=C(C=[NH+][O-])c1ccccc1. The molecule has 1 N–H and O–H groups in total. The first-order chi connectivity index (χ1) is 5.34. The Balaban J connectivity index is 2.86. The molecule has 0 saturated carbocycles. The van der Waals surface area contributed by atoms with E-state index < -0.39 is 0 Å². The minimum absolute atomic E-state index is 0.305. The zero-order valence-corrected chi connectivity index (χ0v) is 5.78. The lowest BCUT2D eigenvalue weighted by Crippen LogP contribution is -2.61. The van der Waals surface area contributed by atoms with Crippen molar-refractivity contribution >= 4 is 12.0 Å². The van der Waals surface area contributed by atoms with Gasteiger partial charge in [-0.2, -0.15) is 0 Å². The van der Waals surface area contributed by atoms with Crippen LogP contribution in [-0.2, 0) is 0 Å². The van der Waals surface area contributed by atoms with Gasteiger partial charge in [0.1, 0.15) is 0 Å². The van der Waals surface area contributed by atoms with Crippen molar-refractivity contribution in [2.24, 2.45) is 0 Å². The molecule has 1 rings (SSSR count). The third kappa shape index (κ3) is 1.89. The van der Waals surface area contributed by atoms with Crippen molar-refractivity contribution in [2.45, 2.75) is 0 Å². The van der Waals surface area contributed by atoms with Crippen molar-refractivity contribution < 1.29 is 9.95 Å². The van der Waals surface area contributed by atoms with Crippen LogP contribution in [0, 0.1) is 5.21 Å². The normalized spacial score (nSPS) is 10.2. The molecule has 0 spiro atoms. The maximum atomic E-state index is 10.9. The van der Waals surface area contributed by atoms with Crippen molar-refractivity contribution in [2.75, 3.05) is 0 Å². The van der Waals surface area contributed by atoms with Gasteiger partial charge in [0.2, 0.25) is 12.0 Å². The molecule has 0 atom stereocenters. The molecule has 0 aliphatic heterocycles. The van der Waals surface area contributed by atoms with Gasteiger partial charge in [0.25, 0.3) is 0 Å². The van der Waals surface area contributed by atoms with E-state index in [1.54, 1.807) is 30.3 Å². The average molecular weight is 149 g/mol. The van der Waals surface area contributed by atoms with Gasteiger partial charge in [0.05, 0.1) is 0 Å². The highest BCUT2D eigenvalue weighted by Gasteiger charge is 2.01. The Morgan fingerprint density at radius 1 is 1.36 bits per heavy atom. The Hall–Kier alpha value is -1.64. The third-order valence-corrected chi connectivity index (χ3v) is 1.25. The zero-order valence-electron chi connectivity index (χ0n) is 5.78. The summed E-state index contributed by atoms with van der Waals surface area (Å²) in [6.45, 7) is 0. The summed E-state index contributed by atoms with van der Waals surface area (Å²) in [5, 5.41) is 11.2. The predicted molar refractivity (Wildman–Crippen MR) is 41.2 cm³/mol. The van der Waals surface area contributed by atoms with Crippen LogP contribution in [0.4, 0.5) is 0 Å². The van der Waals surface area contributed by atoms with Crippen LogP contribution in [0.15, 0.2) is 30.3 Å². The van der Waals surface area contributed by atoms with Crippen LogP contribution in [0.3, 0.4) is 0 Å². The Bertz CT molecular complexity index is 267. The first kappa shape index (κ1) is 7.47. The van der Waals surface area contributed by atoms with E-state index in [9.17, 15) is 10.0 Å². The van der Waals surface area contributed by atoms with E-state index in [-0.39, 0.29) is 5.78 Å². The Labute approximate surface area is 64.0 Å². The second-order valence-corrected chi connectivity index (χ2v) is 1.99. The van der Waals surface area contributed by atoms with Crippen LogP contribution >= 0.6 is 0 Å². The number of rotatable bonds is 2. The lowest BCUT2D eigenvalue weighted by Gasteiger charge is -1.89. The largest absolute Gasteiger partial charge is 0.625 e. The summed E-state index contributed by atoms with van der Waals surface area (Å²) < 4.78 is 0. The van der Waals surface area contributed by atoms with Crippen molar-refractivity contribution in [3.8, 4) is 0 Å². The number of carbonyl (C=O) groups is 1. The van der Waals surface area contributed by atoms with Gasteiger partial charge in [0, 0.05) is 5.56 Å². The Kier molecular flexibility index (Phi) is 2.38. The summed E-state index contributed by atoms with van der Waals surface area (Å²) in [6, 6.07) is 8.59. The minimum Gasteiger partial charge on any atom is -0.625 e. The number of nitrogens with one attached hydrogen (secondary N) is 1. The second kappa shape index (κ2) is 3.51. The van der Waals surface area contributed by atoms with E-state index in [1.165, 1.54) is 5.16 Å². The molecule has 1 aromatic rings. The van der Waals surface area contributed by atoms with Crippen LogP contribution in [0.5, 0.6) is 0 Å². The summed E-state index contributed by atoms with van der Waals surface area (Å²) in [5.74, 6) is -0.305. The van der Waals surface area contributed by atoms with Gasteiger partial charge in [-0.1, -0.05) is 30.3 Å². The van der Waals surface area contributed by atoms with E-state index in [0.29, 0.717) is 5.56 Å². The standard InChI is InChI=1S/C8H7NO2/c10-8(6-9-11)7-4-2-1-3-5-7/h1-6,9H. The molecule has 56 valence electrons. The fraction of sp³-hybridized carbons (Fsp3) is 0. The average Bonchev–Trinajstić information content (AvgIpc) is 2.07. The molecule has 0 heterocycles. The molecule has 0 aliphatic rings. The van der Waals surface area contributed by atoms with Crippen LogP contribution in [0.2, 0.25) is 0 Å². The third-order valence-electron chi connectivity index (χ3n) is 1.25. The lowest BCUT2D eigenvalue weighted by atomic mass is 10.1. The quantitative estimate of drug-likeness (QED) is 0.267. The van der Waals surface area contributed by atoms with Crippen molar-refractivity contribution in [1.82, 2.24) is 0 Å². The van der Waals surface area contributed by atoms with Gasteiger partial charge in [-0.25, -0.2) is 5.16 Å². The monoisotopic (exact) mass is 149 g/mol. The molecule has 3 nitrogen and oxygen atoms in total. The van der Waals surface area contributed by atoms with Gasteiger partial charge in [0.15, 0.2) is 0 Å². The molecule has 3 heteroatoms. The van der Waals surface area contributed by atoms with Gasteiger partial charge < -0.3 is 5.21 Å². The molecule has 1 aromatic carbocycles. The topological polar surface area (TPSA) is 54.1 Å². The number of Topliss-reactive ketones (excluding diaryl/α,β-unsaturated/α-hetero) is 1. The molecule has 0 unspecified atom stereocenters. The van der Waals surface area contributed by atoms with Gasteiger partial charge >= 0.3 is 0 Å². The van der Waals surface area contributed by atoms with E-state index >= 15 is 0 Å². The molecule has 0 aromatic heterocycles. The first-order valence-corrected chi connectivity index (χ1v) is 3.15. The summed E-state index contributed by atoms with van der Waals surface area (Å²) in [4.78, 5) is 10.9. The highest BCUT2D eigenvalue weighted by Crippen LogP contribution is 1.96. The number of benzene rings is 1. The second-order valence-electron chi connectivity index (χ2n) is 1.99. The van der Waals surface area contributed by atoms with E-state index in [0.717, 1.165) is 6.21 Å². The van der Waals surface area contributed by atoms with Gasteiger partial charge in [-0.3, -0.25) is 4.79 Å². The van der Waals surface area contributed by atoms with Crippen LogP contribution in [0.1, 0.15) is 10.4 Å². The highest BCUT2D eigenvalue weighted by molar-refractivity contribution is 6.33. The molecular formula is C8H7NO2. The van der Waals surface area contributed by atoms with E-state index in [4.69, 9.17) is 0 Å². The summed E-state index contributed by atoms with van der Waals surface area (Å²) in [6.07, 6.45) is 0.884. The van der Waals surface area contributed by atoms with Crippen LogP contribution in [0.25, 0.3) is 0 Å². The number of carbonyl (C=O) groups excluding carboxylic acids is 1. The lowest BCUT2D eigenvalue weighted by molar-refractivity contribution is -0.365. The molecule has 0 amide bonds. The van der Waals surface area contributed by atoms with Crippen molar-refractivity contribution in [1.29, 1.82) is 0 Å². The van der Waals surface area contributed by atoms with Crippen LogP contribution in [-0.4, -0.2) is 12.0 Å². The molecule has 0 aliphatic carbocycles. The van der Waals surface area contributed by atoms with Crippen LogP contribution < -0.4 is 5.16 Å².